The lowest BCUT2D eigenvalue weighted by Crippen LogP contribution is -2.39. The molecule has 0 aliphatic heterocycles. The second-order valence-corrected chi connectivity index (χ2v) is 4.61. The van der Waals surface area contributed by atoms with Crippen LogP contribution in [0.4, 0.5) is 0 Å². The van der Waals surface area contributed by atoms with Crippen molar-refractivity contribution in [3.05, 3.63) is 24.2 Å². The summed E-state index contributed by atoms with van der Waals surface area (Å²) in [4.78, 5) is 12.1. The maximum Gasteiger partial charge on any atom is 0.241 e. The van der Waals surface area contributed by atoms with Crippen LogP contribution in [0, 0.1) is 16.7 Å². The van der Waals surface area contributed by atoms with Gasteiger partial charge >= 0.3 is 0 Å². The summed E-state index contributed by atoms with van der Waals surface area (Å²) < 4.78 is 5.23. The predicted molar refractivity (Wildman–Crippen MR) is 61.8 cm³/mol. The minimum Gasteiger partial charge on any atom is -0.467 e. The van der Waals surface area contributed by atoms with Crippen LogP contribution in [0.2, 0.25) is 0 Å². The number of furan rings is 1. The van der Waals surface area contributed by atoms with E-state index in [4.69, 9.17) is 4.42 Å². The van der Waals surface area contributed by atoms with Crippen LogP contribution in [-0.2, 0) is 4.79 Å². The summed E-state index contributed by atoms with van der Waals surface area (Å²) in [6.45, 7) is 1.86. The zero-order valence-electron chi connectivity index (χ0n) is 9.90. The summed E-state index contributed by atoms with van der Waals surface area (Å²) in [5.41, 5.74) is -0.819. The first-order valence-electron chi connectivity index (χ1n) is 5.93. The average Bonchev–Trinajstić information content (AvgIpc) is 3.01. The third-order valence-electron chi connectivity index (χ3n) is 3.42. The smallest absolute Gasteiger partial charge is 0.241 e. The van der Waals surface area contributed by atoms with E-state index in [1.54, 1.807) is 12.3 Å². The van der Waals surface area contributed by atoms with E-state index in [0.29, 0.717) is 18.6 Å². The Morgan fingerprint density at radius 2 is 2.29 bits per heavy atom. The monoisotopic (exact) mass is 232 g/mol. The fraction of sp³-hybridized carbons (Fsp3) is 0.538. The van der Waals surface area contributed by atoms with Gasteiger partial charge in [-0.15, -0.1) is 0 Å². The van der Waals surface area contributed by atoms with Gasteiger partial charge in [0.2, 0.25) is 5.91 Å². The number of carbonyl (C=O) groups excluding carboxylic acids is 1. The summed E-state index contributed by atoms with van der Waals surface area (Å²) >= 11 is 0. The standard InChI is InChI=1S/C13H16N2O2/c1-10(11-5-4-8-17-11)15-12(16)13(9-14)6-2-3-7-13/h4-5,8,10H,2-3,6-7H2,1H3,(H,15,16)/t10-/m1/s1. The number of nitriles is 1. The number of carbonyl (C=O) groups is 1. The van der Waals surface area contributed by atoms with Crippen LogP contribution in [0.1, 0.15) is 44.4 Å². The summed E-state index contributed by atoms with van der Waals surface area (Å²) in [5, 5.41) is 12.1. The first kappa shape index (κ1) is 11.7. The van der Waals surface area contributed by atoms with Crippen molar-refractivity contribution in [2.75, 3.05) is 0 Å². The Balaban J connectivity index is 2.04. The molecule has 1 atom stereocenters. The first-order valence-corrected chi connectivity index (χ1v) is 5.93. The van der Waals surface area contributed by atoms with Crippen molar-refractivity contribution >= 4 is 5.91 Å². The van der Waals surface area contributed by atoms with Gasteiger partial charge in [0, 0.05) is 0 Å². The van der Waals surface area contributed by atoms with Gasteiger partial charge in [0.1, 0.15) is 11.2 Å². The van der Waals surface area contributed by atoms with E-state index in [1.165, 1.54) is 0 Å². The van der Waals surface area contributed by atoms with Crippen molar-refractivity contribution in [3.8, 4) is 6.07 Å². The molecule has 4 heteroatoms. The Kier molecular flexibility index (Phi) is 3.19. The first-order chi connectivity index (χ1) is 8.18. The highest BCUT2D eigenvalue weighted by molar-refractivity contribution is 5.86. The van der Waals surface area contributed by atoms with E-state index in [1.807, 2.05) is 13.0 Å². The van der Waals surface area contributed by atoms with Crippen molar-refractivity contribution < 1.29 is 9.21 Å². The summed E-state index contributed by atoms with van der Waals surface area (Å²) in [6, 6.07) is 5.60. The maximum atomic E-state index is 12.1. The second kappa shape index (κ2) is 4.62. The van der Waals surface area contributed by atoms with Gasteiger partial charge in [0.15, 0.2) is 0 Å². The predicted octanol–water partition coefficient (Wildman–Crippen LogP) is 2.54. The van der Waals surface area contributed by atoms with E-state index in [0.717, 1.165) is 12.8 Å². The third kappa shape index (κ3) is 2.19. The molecule has 1 aliphatic carbocycles. The lowest BCUT2D eigenvalue weighted by molar-refractivity contribution is -0.128. The lowest BCUT2D eigenvalue weighted by atomic mass is 9.87. The molecule has 1 aromatic rings. The van der Waals surface area contributed by atoms with Crippen LogP contribution in [0.3, 0.4) is 0 Å². The largest absolute Gasteiger partial charge is 0.467 e. The van der Waals surface area contributed by atoms with Crippen molar-refractivity contribution in [2.24, 2.45) is 5.41 Å². The van der Waals surface area contributed by atoms with Crippen molar-refractivity contribution in [1.82, 2.24) is 5.32 Å². The SMILES string of the molecule is C[C@@H](NC(=O)C1(C#N)CCCC1)c1ccco1. The molecule has 17 heavy (non-hydrogen) atoms. The fourth-order valence-electron chi connectivity index (χ4n) is 2.31. The quantitative estimate of drug-likeness (QED) is 0.870. The second-order valence-electron chi connectivity index (χ2n) is 4.61. The van der Waals surface area contributed by atoms with E-state index in [-0.39, 0.29) is 11.9 Å². The molecule has 1 aliphatic rings. The molecular weight excluding hydrogens is 216 g/mol. The Labute approximate surface area is 101 Å². The van der Waals surface area contributed by atoms with Gasteiger partial charge in [0.25, 0.3) is 0 Å². The van der Waals surface area contributed by atoms with E-state index in [2.05, 4.69) is 11.4 Å². The molecule has 0 bridgehead atoms. The highest BCUT2D eigenvalue weighted by Crippen LogP contribution is 2.38. The normalized spacial score (nSPS) is 19.5. The van der Waals surface area contributed by atoms with E-state index >= 15 is 0 Å². The van der Waals surface area contributed by atoms with Crippen LogP contribution >= 0.6 is 0 Å². The molecule has 1 saturated carbocycles. The maximum absolute atomic E-state index is 12.1. The Bertz CT molecular complexity index is 425. The van der Waals surface area contributed by atoms with E-state index in [9.17, 15) is 10.1 Å². The number of nitrogens with one attached hydrogen (secondary N) is 1. The molecule has 1 heterocycles. The number of rotatable bonds is 3. The third-order valence-corrected chi connectivity index (χ3v) is 3.42. The van der Waals surface area contributed by atoms with Crippen molar-refractivity contribution in [1.29, 1.82) is 5.26 Å². The molecule has 1 amide bonds. The lowest BCUT2D eigenvalue weighted by Gasteiger charge is -2.21. The van der Waals surface area contributed by atoms with Gasteiger partial charge < -0.3 is 9.73 Å². The average molecular weight is 232 g/mol. The number of hydrogen-bond acceptors (Lipinski definition) is 3. The molecule has 1 fully saturated rings. The minimum atomic E-state index is -0.819. The summed E-state index contributed by atoms with van der Waals surface area (Å²) in [7, 11) is 0. The van der Waals surface area contributed by atoms with E-state index < -0.39 is 5.41 Å². The Morgan fingerprint density at radius 1 is 1.59 bits per heavy atom. The van der Waals surface area contributed by atoms with Gasteiger partial charge in [-0.3, -0.25) is 4.79 Å². The highest BCUT2D eigenvalue weighted by Gasteiger charge is 2.42. The van der Waals surface area contributed by atoms with Gasteiger partial charge in [-0.05, 0) is 31.9 Å². The zero-order chi connectivity index (χ0) is 12.3. The van der Waals surface area contributed by atoms with Gasteiger partial charge in [0.05, 0.1) is 18.4 Å². The van der Waals surface area contributed by atoms with Crippen LogP contribution in [0.25, 0.3) is 0 Å². The summed E-state index contributed by atoms with van der Waals surface area (Å²) in [6.07, 6.45) is 4.82. The number of amides is 1. The Morgan fingerprint density at radius 3 is 2.82 bits per heavy atom. The molecule has 0 aromatic carbocycles. The molecule has 4 nitrogen and oxygen atoms in total. The molecular formula is C13H16N2O2. The molecule has 0 unspecified atom stereocenters. The molecule has 1 aromatic heterocycles. The van der Waals surface area contributed by atoms with Gasteiger partial charge in [-0.1, -0.05) is 12.8 Å². The topological polar surface area (TPSA) is 66.0 Å². The summed E-state index contributed by atoms with van der Waals surface area (Å²) in [5.74, 6) is 0.547. The molecule has 1 N–H and O–H groups in total. The van der Waals surface area contributed by atoms with Crippen molar-refractivity contribution in [3.63, 3.8) is 0 Å². The van der Waals surface area contributed by atoms with Crippen molar-refractivity contribution in [2.45, 2.75) is 38.6 Å². The molecule has 0 radical (unpaired) electrons. The molecule has 0 spiro atoms. The number of hydrogen-bond donors (Lipinski definition) is 1. The van der Waals surface area contributed by atoms with Crippen LogP contribution in [0.15, 0.2) is 22.8 Å². The van der Waals surface area contributed by atoms with Crippen LogP contribution < -0.4 is 5.32 Å². The van der Waals surface area contributed by atoms with Gasteiger partial charge in [-0.25, -0.2) is 0 Å². The number of nitrogens with zero attached hydrogens (tertiary/aromatic N) is 1. The zero-order valence-corrected chi connectivity index (χ0v) is 9.90. The van der Waals surface area contributed by atoms with Gasteiger partial charge in [-0.2, -0.15) is 5.26 Å². The molecule has 0 saturated heterocycles. The highest BCUT2D eigenvalue weighted by atomic mass is 16.3. The fourth-order valence-corrected chi connectivity index (χ4v) is 2.31. The van der Waals surface area contributed by atoms with Crippen LogP contribution in [-0.4, -0.2) is 5.91 Å². The Hall–Kier alpha value is -1.76. The molecule has 2 rings (SSSR count). The minimum absolute atomic E-state index is 0.165. The molecule has 90 valence electrons. The van der Waals surface area contributed by atoms with Crippen LogP contribution in [0.5, 0.6) is 0 Å².